The summed E-state index contributed by atoms with van der Waals surface area (Å²) in [6.45, 7) is 5.10. The molecule has 0 bridgehead atoms. The molecule has 0 aromatic carbocycles. The Morgan fingerprint density at radius 2 is 2.22 bits per heavy atom. The summed E-state index contributed by atoms with van der Waals surface area (Å²) in [5.74, 6) is 0.227. The van der Waals surface area contributed by atoms with Crippen LogP contribution >= 0.6 is 12.4 Å². The molecule has 0 fully saturated rings. The molecule has 0 atom stereocenters. The summed E-state index contributed by atoms with van der Waals surface area (Å²) in [4.78, 5) is 18.6. The number of nitrogens with zero attached hydrogens (tertiary/aromatic N) is 1. The molecule has 0 saturated heterocycles. The second-order valence-corrected chi connectivity index (χ2v) is 5.41. The number of carbonyl (C=O) groups excluding carboxylic acids is 1. The number of imidazole rings is 1. The molecule has 1 heterocycles. The molecule has 0 amide bonds. The Bertz CT molecular complexity index is 423. The number of carbonyl (C=O) groups is 1. The zero-order chi connectivity index (χ0) is 12.3. The molecule has 1 aliphatic carbocycles. The van der Waals surface area contributed by atoms with E-state index < -0.39 is 0 Å². The van der Waals surface area contributed by atoms with Crippen LogP contribution in [0.25, 0.3) is 0 Å². The Labute approximate surface area is 114 Å². The zero-order valence-corrected chi connectivity index (χ0v) is 11.6. The van der Waals surface area contributed by atoms with Crippen LogP contribution in [0.1, 0.15) is 32.4 Å². The van der Waals surface area contributed by atoms with Crippen LogP contribution in [0.5, 0.6) is 0 Å². The van der Waals surface area contributed by atoms with Crippen molar-refractivity contribution < 1.29 is 4.79 Å². The van der Waals surface area contributed by atoms with Crippen LogP contribution in [-0.4, -0.2) is 22.3 Å². The number of aromatic nitrogens is 2. The van der Waals surface area contributed by atoms with Gasteiger partial charge in [-0.1, -0.05) is 13.8 Å². The summed E-state index contributed by atoms with van der Waals surface area (Å²) in [5, 5.41) is 3.34. The van der Waals surface area contributed by atoms with Gasteiger partial charge in [0.25, 0.3) is 0 Å². The highest BCUT2D eigenvalue weighted by atomic mass is 35.5. The highest BCUT2D eigenvalue weighted by Crippen LogP contribution is 2.32. The van der Waals surface area contributed by atoms with Crippen LogP contribution in [-0.2, 0) is 11.2 Å². The molecule has 2 rings (SSSR count). The summed E-state index contributed by atoms with van der Waals surface area (Å²) in [6.07, 6.45) is 7.75. The molecule has 0 spiro atoms. The fourth-order valence-corrected chi connectivity index (χ4v) is 2.24. The topological polar surface area (TPSA) is 57.8 Å². The summed E-state index contributed by atoms with van der Waals surface area (Å²) < 4.78 is 0. The molecule has 1 aromatic rings. The van der Waals surface area contributed by atoms with Crippen molar-refractivity contribution >= 4 is 18.2 Å². The van der Waals surface area contributed by atoms with Gasteiger partial charge in [0.05, 0.1) is 6.33 Å². The van der Waals surface area contributed by atoms with Crippen molar-refractivity contribution in [1.29, 1.82) is 0 Å². The fraction of sp³-hybridized carbons (Fsp3) is 0.538. The number of H-pyrrole nitrogens is 1. The molecule has 0 radical (unpaired) electrons. The summed E-state index contributed by atoms with van der Waals surface area (Å²) in [5.41, 5.74) is 2.26. The molecular formula is C13H20ClN3O. The first-order valence-corrected chi connectivity index (χ1v) is 6.00. The maximum absolute atomic E-state index is 11.5. The summed E-state index contributed by atoms with van der Waals surface area (Å²) in [6, 6.07) is 0. The van der Waals surface area contributed by atoms with E-state index in [9.17, 15) is 4.79 Å². The number of hydrogen-bond acceptors (Lipinski definition) is 3. The van der Waals surface area contributed by atoms with Gasteiger partial charge in [-0.2, -0.15) is 0 Å². The minimum atomic E-state index is 0. The van der Waals surface area contributed by atoms with Crippen molar-refractivity contribution in [1.82, 2.24) is 15.3 Å². The number of rotatable bonds is 4. The van der Waals surface area contributed by atoms with E-state index in [1.165, 1.54) is 0 Å². The minimum Gasteiger partial charge on any atom is -0.388 e. The third-order valence-corrected chi connectivity index (χ3v) is 2.96. The van der Waals surface area contributed by atoms with Crippen LogP contribution in [0.3, 0.4) is 0 Å². The standard InChI is InChI=1S/C13H19N3O.ClH/c1-13(2)6-11(5-12(17)7-13)15-4-3-10-8-14-9-16-10;/h5,8-9,15H,3-4,6-7H2,1-2H3,(H,14,16);1H. The summed E-state index contributed by atoms with van der Waals surface area (Å²) >= 11 is 0. The van der Waals surface area contributed by atoms with E-state index in [1.807, 2.05) is 6.20 Å². The number of allylic oxidation sites excluding steroid dienone is 2. The zero-order valence-electron chi connectivity index (χ0n) is 10.8. The molecule has 4 nitrogen and oxygen atoms in total. The van der Waals surface area contributed by atoms with Gasteiger partial charge in [-0.3, -0.25) is 4.79 Å². The van der Waals surface area contributed by atoms with Gasteiger partial charge in [0.1, 0.15) is 0 Å². The number of ketones is 1. The number of hydrogen-bond donors (Lipinski definition) is 2. The quantitative estimate of drug-likeness (QED) is 0.881. The molecule has 1 aromatic heterocycles. The lowest BCUT2D eigenvalue weighted by Gasteiger charge is -2.29. The average molecular weight is 270 g/mol. The smallest absolute Gasteiger partial charge is 0.157 e. The number of halogens is 1. The molecule has 18 heavy (non-hydrogen) atoms. The predicted molar refractivity (Wildman–Crippen MR) is 73.6 cm³/mol. The molecule has 0 aliphatic heterocycles. The van der Waals surface area contributed by atoms with Gasteiger partial charge in [-0.05, 0) is 11.8 Å². The maximum atomic E-state index is 11.5. The Hall–Kier alpha value is -1.29. The van der Waals surface area contributed by atoms with E-state index in [2.05, 4.69) is 29.1 Å². The van der Waals surface area contributed by atoms with E-state index in [-0.39, 0.29) is 23.6 Å². The first-order valence-electron chi connectivity index (χ1n) is 6.00. The lowest BCUT2D eigenvalue weighted by molar-refractivity contribution is -0.117. The first-order chi connectivity index (χ1) is 8.05. The van der Waals surface area contributed by atoms with E-state index in [4.69, 9.17) is 0 Å². The van der Waals surface area contributed by atoms with Gasteiger partial charge >= 0.3 is 0 Å². The molecule has 0 saturated carbocycles. The maximum Gasteiger partial charge on any atom is 0.157 e. The number of nitrogens with one attached hydrogen (secondary N) is 2. The lowest BCUT2D eigenvalue weighted by Crippen LogP contribution is -2.28. The van der Waals surface area contributed by atoms with E-state index in [1.54, 1.807) is 12.4 Å². The van der Waals surface area contributed by atoms with Crippen molar-refractivity contribution in [2.45, 2.75) is 33.1 Å². The van der Waals surface area contributed by atoms with Crippen LogP contribution in [0.15, 0.2) is 24.3 Å². The van der Waals surface area contributed by atoms with Crippen molar-refractivity contribution in [3.63, 3.8) is 0 Å². The van der Waals surface area contributed by atoms with Crippen molar-refractivity contribution in [2.24, 2.45) is 5.41 Å². The molecule has 2 N–H and O–H groups in total. The molecule has 0 unspecified atom stereocenters. The van der Waals surface area contributed by atoms with Crippen LogP contribution in [0.2, 0.25) is 0 Å². The van der Waals surface area contributed by atoms with Crippen molar-refractivity contribution in [3.05, 3.63) is 30.0 Å². The molecule has 1 aliphatic rings. The predicted octanol–water partition coefficient (Wildman–Crippen LogP) is 2.24. The van der Waals surface area contributed by atoms with Gasteiger partial charge in [0.2, 0.25) is 0 Å². The van der Waals surface area contributed by atoms with E-state index >= 15 is 0 Å². The van der Waals surface area contributed by atoms with Crippen LogP contribution < -0.4 is 5.32 Å². The summed E-state index contributed by atoms with van der Waals surface area (Å²) in [7, 11) is 0. The fourth-order valence-electron chi connectivity index (χ4n) is 2.24. The Kier molecular flexibility index (Phi) is 4.96. The Morgan fingerprint density at radius 1 is 1.44 bits per heavy atom. The highest BCUT2D eigenvalue weighted by Gasteiger charge is 2.27. The average Bonchev–Trinajstić information content (AvgIpc) is 2.67. The highest BCUT2D eigenvalue weighted by molar-refractivity contribution is 5.91. The second-order valence-electron chi connectivity index (χ2n) is 5.41. The van der Waals surface area contributed by atoms with Gasteiger partial charge in [0, 0.05) is 43.1 Å². The van der Waals surface area contributed by atoms with Crippen LogP contribution in [0, 0.1) is 5.41 Å². The SMILES string of the molecule is CC1(C)CC(=O)C=C(NCCc2cnc[nH]2)C1.Cl. The van der Waals surface area contributed by atoms with Crippen molar-refractivity contribution in [2.75, 3.05) is 6.54 Å². The van der Waals surface area contributed by atoms with Gasteiger partial charge in [-0.25, -0.2) is 4.98 Å². The molecule has 100 valence electrons. The second kappa shape index (κ2) is 6.05. The third-order valence-electron chi connectivity index (χ3n) is 2.96. The van der Waals surface area contributed by atoms with E-state index in [0.29, 0.717) is 6.42 Å². The van der Waals surface area contributed by atoms with Gasteiger partial charge < -0.3 is 10.3 Å². The van der Waals surface area contributed by atoms with Crippen molar-refractivity contribution in [3.8, 4) is 0 Å². The van der Waals surface area contributed by atoms with Gasteiger partial charge in [-0.15, -0.1) is 12.4 Å². The third kappa shape index (κ3) is 4.18. The van der Waals surface area contributed by atoms with Crippen LogP contribution in [0.4, 0.5) is 0 Å². The largest absolute Gasteiger partial charge is 0.388 e. The molecule has 5 heteroatoms. The normalized spacial score (nSPS) is 17.9. The monoisotopic (exact) mass is 269 g/mol. The number of aromatic amines is 1. The first kappa shape index (κ1) is 14.8. The Balaban J connectivity index is 0.00000162. The molecular weight excluding hydrogens is 250 g/mol. The van der Waals surface area contributed by atoms with Gasteiger partial charge in [0.15, 0.2) is 5.78 Å². The minimum absolute atomic E-state index is 0. The lowest BCUT2D eigenvalue weighted by atomic mass is 9.79. The Morgan fingerprint density at radius 3 is 2.83 bits per heavy atom. The van der Waals surface area contributed by atoms with E-state index in [0.717, 1.165) is 30.8 Å².